The molecule has 10 heteroatoms. The third-order valence-corrected chi connectivity index (χ3v) is 6.49. The number of nitrogens with one attached hydrogen (secondary N) is 2. The van der Waals surface area contributed by atoms with E-state index in [2.05, 4.69) is 25.8 Å². The number of aryl methyl sites for hydroxylation is 2. The molecule has 26 heavy (non-hydrogen) atoms. The maximum absolute atomic E-state index is 12.9. The van der Waals surface area contributed by atoms with Gasteiger partial charge in [-0.1, -0.05) is 5.16 Å². The molecule has 0 amide bonds. The van der Waals surface area contributed by atoms with Crippen molar-refractivity contribution in [3.05, 3.63) is 29.0 Å². The van der Waals surface area contributed by atoms with E-state index in [-0.39, 0.29) is 23.2 Å². The summed E-state index contributed by atoms with van der Waals surface area (Å²) in [4.78, 5) is 9.20. The first-order valence-electron chi connectivity index (χ1n) is 8.51. The van der Waals surface area contributed by atoms with Crippen molar-refractivity contribution in [2.45, 2.75) is 44.2 Å². The average Bonchev–Trinajstić information content (AvgIpc) is 3.24. The predicted octanol–water partition coefficient (Wildman–Crippen LogP) is 1.37. The molecule has 142 valence electrons. The molecule has 1 aliphatic heterocycles. The standard InChI is InChI=1S/C16H24N6O3S/c1-10-15(11(2)25-21-10)26(23,24)22(4)9-12-8-14(17-3)20-16(19-12)13-6-5-7-18-13/h8,13,18H,5-7,9H2,1-4H3,(H,17,19,20)/t13-/m1/s1. The van der Waals surface area contributed by atoms with Gasteiger partial charge in [0, 0.05) is 20.2 Å². The Balaban J connectivity index is 1.89. The van der Waals surface area contributed by atoms with Crippen LogP contribution in [0.15, 0.2) is 15.5 Å². The number of hydrogen-bond acceptors (Lipinski definition) is 8. The van der Waals surface area contributed by atoms with Crippen LogP contribution in [-0.2, 0) is 16.6 Å². The SMILES string of the molecule is CNc1cc(CN(C)S(=O)(=O)c2c(C)noc2C)nc([C@H]2CCCN2)n1. The van der Waals surface area contributed by atoms with Crippen LogP contribution in [-0.4, -0.2) is 48.5 Å². The van der Waals surface area contributed by atoms with Gasteiger partial charge in [-0.15, -0.1) is 0 Å². The predicted molar refractivity (Wildman–Crippen MR) is 96.2 cm³/mol. The number of sulfonamides is 1. The number of rotatable bonds is 6. The van der Waals surface area contributed by atoms with Gasteiger partial charge in [-0.2, -0.15) is 4.31 Å². The third kappa shape index (κ3) is 3.57. The minimum absolute atomic E-state index is 0.103. The summed E-state index contributed by atoms with van der Waals surface area (Å²) in [5, 5.41) is 10.1. The van der Waals surface area contributed by atoms with Crippen LogP contribution < -0.4 is 10.6 Å². The van der Waals surface area contributed by atoms with Gasteiger partial charge in [-0.05, 0) is 33.2 Å². The van der Waals surface area contributed by atoms with Crippen LogP contribution in [0, 0.1) is 13.8 Å². The molecule has 9 nitrogen and oxygen atoms in total. The van der Waals surface area contributed by atoms with Crippen LogP contribution in [0.1, 0.15) is 41.9 Å². The molecule has 0 spiro atoms. The van der Waals surface area contributed by atoms with Crippen LogP contribution in [0.3, 0.4) is 0 Å². The minimum Gasteiger partial charge on any atom is -0.373 e. The summed E-state index contributed by atoms with van der Waals surface area (Å²) in [7, 11) is -0.422. The van der Waals surface area contributed by atoms with Crippen molar-refractivity contribution in [2.75, 3.05) is 26.0 Å². The van der Waals surface area contributed by atoms with Gasteiger partial charge in [0.2, 0.25) is 10.0 Å². The monoisotopic (exact) mass is 380 g/mol. The zero-order chi connectivity index (χ0) is 18.9. The first-order valence-corrected chi connectivity index (χ1v) is 9.95. The molecule has 1 fully saturated rings. The average molecular weight is 380 g/mol. The Labute approximate surface area is 153 Å². The van der Waals surface area contributed by atoms with E-state index in [1.54, 1.807) is 27.0 Å². The molecule has 0 saturated carbocycles. The lowest BCUT2D eigenvalue weighted by molar-refractivity contribution is 0.389. The zero-order valence-corrected chi connectivity index (χ0v) is 16.2. The molecule has 0 aliphatic carbocycles. The fraction of sp³-hybridized carbons (Fsp3) is 0.562. The second-order valence-electron chi connectivity index (χ2n) is 6.42. The molecule has 2 aromatic heterocycles. The van der Waals surface area contributed by atoms with E-state index in [9.17, 15) is 8.42 Å². The molecule has 3 rings (SSSR count). The first-order chi connectivity index (χ1) is 12.3. The molecular formula is C16H24N6O3S. The second-order valence-corrected chi connectivity index (χ2v) is 8.40. The topological polar surface area (TPSA) is 113 Å². The Morgan fingerprint density at radius 2 is 2.15 bits per heavy atom. The molecule has 0 unspecified atom stereocenters. The number of nitrogens with zero attached hydrogens (tertiary/aromatic N) is 4. The summed E-state index contributed by atoms with van der Waals surface area (Å²) in [5.41, 5.74) is 0.981. The Morgan fingerprint density at radius 1 is 1.38 bits per heavy atom. The smallest absolute Gasteiger partial charge is 0.248 e. The first kappa shape index (κ1) is 18.7. The lowest BCUT2D eigenvalue weighted by atomic mass is 10.2. The van der Waals surface area contributed by atoms with E-state index in [0.29, 0.717) is 23.0 Å². The highest BCUT2D eigenvalue weighted by atomic mass is 32.2. The normalized spacial score (nSPS) is 17.8. The Bertz CT molecular complexity index is 870. The third-order valence-electron chi connectivity index (χ3n) is 4.45. The molecule has 0 radical (unpaired) electrons. The highest BCUT2D eigenvalue weighted by Crippen LogP contribution is 2.25. The number of hydrogen-bond donors (Lipinski definition) is 2. The van der Waals surface area contributed by atoms with E-state index in [0.717, 1.165) is 19.4 Å². The molecule has 2 N–H and O–H groups in total. The van der Waals surface area contributed by atoms with Crippen molar-refractivity contribution in [1.82, 2.24) is 24.7 Å². The van der Waals surface area contributed by atoms with Gasteiger partial charge in [-0.25, -0.2) is 18.4 Å². The van der Waals surface area contributed by atoms with Crippen LogP contribution in [0.4, 0.5) is 5.82 Å². The second kappa shape index (κ2) is 7.29. The molecule has 3 heterocycles. The van der Waals surface area contributed by atoms with E-state index in [4.69, 9.17) is 4.52 Å². The summed E-state index contributed by atoms with van der Waals surface area (Å²) in [6, 6.07) is 1.86. The summed E-state index contributed by atoms with van der Waals surface area (Å²) in [6.07, 6.45) is 2.05. The molecular weight excluding hydrogens is 356 g/mol. The minimum atomic E-state index is -3.73. The Hall–Kier alpha value is -2.04. The van der Waals surface area contributed by atoms with Gasteiger partial charge < -0.3 is 15.2 Å². The van der Waals surface area contributed by atoms with Crippen LogP contribution in [0.2, 0.25) is 0 Å². The van der Waals surface area contributed by atoms with E-state index in [1.165, 1.54) is 11.4 Å². The summed E-state index contributed by atoms with van der Waals surface area (Å²) >= 11 is 0. The lowest BCUT2D eigenvalue weighted by Gasteiger charge is -2.18. The molecule has 1 aliphatic rings. The van der Waals surface area contributed by atoms with Crippen LogP contribution >= 0.6 is 0 Å². The van der Waals surface area contributed by atoms with Gasteiger partial charge in [-0.3, -0.25) is 0 Å². The maximum Gasteiger partial charge on any atom is 0.248 e. The van der Waals surface area contributed by atoms with Crippen molar-refractivity contribution < 1.29 is 12.9 Å². The number of aromatic nitrogens is 3. The van der Waals surface area contributed by atoms with Crippen LogP contribution in [0.25, 0.3) is 0 Å². The number of anilines is 1. The molecule has 0 bridgehead atoms. The largest absolute Gasteiger partial charge is 0.373 e. The molecule has 1 atom stereocenters. The molecule has 1 saturated heterocycles. The van der Waals surface area contributed by atoms with Crippen molar-refractivity contribution in [3.8, 4) is 0 Å². The van der Waals surface area contributed by atoms with E-state index >= 15 is 0 Å². The molecule has 0 aromatic carbocycles. The highest BCUT2D eigenvalue weighted by Gasteiger charge is 2.29. The summed E-state index contributed by atoms with van der Waals surface area (Å²) in [5.74, 6) is 1.64. The van der Waals surface area contributed by atoms with Gasteiger partial charge >= 0.3 is 0 Å². The lowest BCUT2D eigenvalue weighted by Crippen LogP contribution is -2.28. The molecule has 2 aromatic rings. The van der Waals surface area contributed by atoms with Crippen LogP contribution in [0.5, 0.6) is 0 Å². The van der Waals surface area contributed by atoms with Gasteiger partial charge in [0.1, 0.15) is 22.2 Å². The van der Waals surface area contributed by atoms with E-state index in [1.807, 2.05) is 0 Å². The highest BCUT2D eigenvalue weighted by molar-refractivity contribution is 7.89. The van der Waals surface area contributed by atoms with Gasteiger partial charge in [0.25, 0.3) is 0 Å². The van der Waals surface area contributed by atoms with Crippen molar-refractivity contribution in [3.63, 3.8) is 0 Å². The fourth-order valence-corrected chi connectivity index (χ4v) is 4.52. The van der Waals surface area contributed by atoms with E-state index < -0.39 is 10.0 Å². The quantitative estimate of drug-likeness (QED) is 0.772. The van der Waals surface area contributed by atoms with Crippen molar-refractivity contribution >= 4 is 15.8 Å². The Morgan fingerprint density at radius 3 is 2.73 bits per heavy atom. The van der Waals surface area contributed by atoms with Gasteiger partial charge in [0.15, 0.2) is 5.76 Å². The fourth-order valence-electron chi connectivity index (χ4n) is 3.10. The maximum atomic E-state index is 12.9. The Kier molecular flexibility index (Phi) is 5.26. The zero-order valence-electron chi connectivity index (χ0n) is 15.4. The van der Waals surface area contributed by atoms with Crippen molar-refractivity contribution in [2.24, 2.45) is 0 Å². The summed E-state index contributed by atoms with van der Waals surface area (Å²) < 4.78 is 32.0. The summed E-state index contributed by atoms with van der Waals surface area (Å²) in [6.45, 7) is 4.27. The van der Waals surface area contributed by atoms with Crippen molar-refractivity contribution in [1.29, 1.82) is 0 Å². The van der Waals surface area contributed by atoms with Gasteiger partial charge in [0.05, 0.1) is 18.3 Å².